The van der Waals surface area contributed by atoms with E-state index in [1.165, 1.54) is 31.4 Å². The van der Waals surface area contributed by atoms with Crippen LogP contribution < -0.4 is 10.6 Å². The zero-order valence-corrected chi connectivity index (χ0v) is 11.8. The van der Waals surface area contributed by atoms with E-state index in [0.717, 1.165) is 19.4 Å². The van der Waals surface area contributed by atoms with Gasteiger partial charge in [0.25, 0.3) is 5.69 Å². The molecule has 1 saturated heterocycles. The minimum Gasteiger partial charge on any atom is -0.381 e. The van der Waals surface area contributed by atoms with E-state index in [2.05, 4.69) is 10.6 Å². The molecule has 0 amide bonds. The van der Waals surface area contributed by atoms with Gasteiger partial charge in [-0.2, -0.15) is 5.26 Å². The second-order valence-corrected chi connectivity index (χ2v) is 5.99. The maximum absolute atomic E-state index is 10.8. The summed E-state index contributed by atoms with van der Waals surface area (Å²) in [5.74, 6) is 0. The van der Waals surface area contributed by atoms with Gasteiger partial charge in [-0.3, -0.25) is 10.1 Å². The third-order valence-corrected chi connectivity index (χ3v) is 4.63. The Labute approximate surface area is 123 Å². The Morgan fingerprint density at radius 3 is 2.90 bits per heavy atom. The number of rotatable bonds is 3. The third kappa shape index (κ3) is 2.69. The molecule has 21 heavy (non-hydrogen) atoms. The molecule has 1 saturated carbocycles. The van der Waals surface area contributed by atoms with Gasteiger partial charge in [0, 0.05) is 23.7 Å². The number of nitriles is 1. The Kier molecular flexibility index (Phi) is 3.52. The van der Waals surface area contributed by atoms with Gasteiger partial charge in [0.05, 0.1) is 16.2 Å². The quantitative estimate of drug-likeness (QED) is 0.658. The number of nitrogens with zero attached hydrogens (tertiary/aromatic N) is 2. The molecule has 1 spiro atoms. The average Bonchev–Trinajstić information content (AvgIpc) is 2.46. The number of non-ortho nitro benzene ring substituents is 1. The highest BCUT2D eigenvalue weighted by Gasteiger charge is 2.40. The van der Waals surface area contributed by atoms with E-state index in [1.807, 2.05) is 6.07 Å². The molecule has 2 fully saturated rings. The molecule has 0 radical (unpaired) electrons. The van der Waals surface area contributed by atoms with E-state index < -0.39 is 4.92 Å². The fourth-order valence-corrected chi connectivity index (χ4v) is 3.35. The van der Waals surface area contributed by atoms with Crippen LogP contribution in [0.1, 0.15) is 37.7 Å². The molecule has 6 nitrogen and oxygen atoms in total. The lowest BCUT2D eigenvalue weighted by molar-refractivity contribution is -0.384. The Bertz CT molecular complexity index is 604. The number of benzene rings is 1. The first-order valence-electron chi connectivity index (χ1n) is 7.32. The van der Waals surface area contributed by atoms with Crippen molar-refractivity contribution in [3.8, 4) is 6.07 Å². The van der Waals surface area contributed by atoms with Crippen molar-refractivity contribution in [3.63, 3.8) is 0 Å². The van der Waals surface area contributed by atoms with Gasteiger partial charge >= 0.3 is 0 Å². The lowest BCUT2D eigenvalue weighted by Gasteiger charge is -2.48. The molecule has 3 rings (SSSR count). The van der Waals surface area contributed by atoms with Gasteiger partial charge in [-0.1, -0.05) is 0 Å². The Morgan fingerprint density at radius 1 is 1.48 bits per heavy atom. The Hall–Kier alpha value is -2.13. The lowest BCUT2D eigenvalue weighted by atomic mass is 9.70. The third-order valence-electron chi connectivity index (χ3n) is 4.63. The molecule has 2 aliphatic rings. The van der Waals surface area contributed by atoms with E-state index in [1.54, 1.807) is 6.07 Å². The molecule has 1 aromatic rings. The van der Waals surface area contributed by atoms with Crippen LogP contribution in [0.3, 0.4) is 0 Å². The number of anilines is 1. The fraction of sp³-hybridized carbons (Fsp3) is 0.533. The van der Waals surface area contributed by atoms with Crippen molar-refractivity contribution in [1.29, 1.82) is 5.26 Å². The highest BCUT2D eigenvalue weighted by atomic mass is 16.6. The summed E-state index contributed by atoms with van der Waals surface area (Å²) < 4.78 is 0. The molecule has 1 aromatic carbocycles. The molecule has 110 valence electrons. The van der Waals surface area contributed by atoms with E-state index in [9.17, 15) is 15.4 Å². The number of nitro benzene ring substituents is 1. The second kappa shape index (κ2) is 5.34. The lowest BCUT2D eigenvalue weighted by Crippen LogP contribution is -2.58. The van der Waals surface area contributed by atoms with E-state index in [-0.39, 0.29) is 11.2 Å². The van der Waals surface area contributed by atoms with Gasteiger partial charge in [0.15, 0.2) is 0 Å². The van der Waals surface area contributed by atoms with Crippen molar-refractivity contribution in [3.05, 3.63) is 33.9 Å². The van der Waals surface area contributed by atoms with Crippen molar-refractivity contribution in [2.24, 2.45) is 0 Å². The zero-order chi connectivity index (χ0) is 14.9. The first-order chi connectivity index (χ1) is 10.1. The molecule has 0 bridgehead atoms. The predicted molar refractivity (Wildman–Crippen MR) is 79.0 cm³/mol. The normalized spacial score (nSPS) is 23.1. The number of hydrogen-bond acceptors (Lipinski definition) is 5. The largest absolute Gasteiger partial charge is 0.381 e. The molecule has 1 heterocycles. The molecular weight excluding hydrogens is 268 g/mol. The number of hydrogen-bond donors (Lipinski definition) is 2. The van der Waals surface area contributed by atoms with Crippen molar-refractivity contribution < 1.29 is 4.92 Å². The predicted octanol–water partition coefficient (Wildman–Crippen LogP) is 2.55. The second-order valence-electron chi connectivity index (χ2n) is 5.99. The molecule has 1 aliphatic carbocycles. The zero-order valence-electron chi connectivity index (χ0n) is 11.8. The van der Waals surface area contributed by atoms with Crippen LogP contribution in [0.25, 0.3) is 0 Å². The molecule has 1 unspecified atom stereocenters. The summed E-state index contributed by atoms with van der Waals surface area (Å²) in [4.78, 5) is 10.3. The maximum Gasteiger partial charge on any atom is 0.270 e. The Morgan fingerprint density at radius 2 is 2.29 bits per heavy atom. The summed E-state index contributed by atoms with van der Waals surface area (Å²) in [6.07, 6.45) is 5.77. The van der Waals surface area contributed by atoms with Crippen molar-refractivity contribution >= 4 is 11.4 Å². The minimum absolute atomic E-state index is 0.0436. The highest BCUT2D eigenvalue weighted by molar-refractivity contribution is 5.61. The van der Waals surface area contributed by atoms with E-state index >= 15 is 0 Å². The summed E-state index contributed by atoms with van der Waals surface area (Å²) in [6.45, 7) is 0.979. The maximum atomic E-state index is 10.8. The number of nitro groups is 1. The van der Waals surface area contributed by atoms with Crippen molar-refractivity contribution in [2.75, 3.05) is 11.9 Å². The van der Waals surface area contributed by atoms with Gasteiger partial charge < -0.3 is 10.6 Å². The topological polar surface area (TPSA) is 91.0 Å². The van der Waals surface area contributed by atoms with Crippen LogP contribution in [-0.2, 0) is 0 Å². The van der Waals surface area contributed by atoms with E-state index in [0.29, 0.717) is 17.3 Å². The van der Waals surface area contributed by atoms with Gasteiger partial charge in [0.2, 0.25) is 0 Å². The summed E-state index contributed by atoms with van der Waals surface area (Å²) >= 11 is 0. The minimum atomic E-state index is -0.474. The average molecular weight is 286 g/mol. The van der Waals surface area contributed by atoms with Crippen molar-refractivity contribution in [1.82, 2.24) is 5.32 Å². The highest BCUT2D eigenvalue weighted by Crippen LogP contribution is 2.39. The SMILES string of the molecule is N#Cc1cc([N+](=O)[O-])ccc1NC1CCNC2(CCC2)C1. The molecule has 6 heteroatoms. The van der Waals surface area contributed by atoms with Crippen LogP contribution in [0.2, 0.25) is 0 Å². The van der Waals surface area contributed by atoms with Gasteiger partial charge in [-0.25, -0.2) is 0 Å². The molecule has 2 N–H and O–H groups in total. The number of nitrogens with one attached hydrogen (secondary N) is 2. The summed E-state index contributed by atoms with van der Waals surface area (Å²) in [6, 6.07) is 6.79. The van der Waals surface area contributed by atoms with Crippen LogP contribution in [-0.4, -0.2) is 23.0 Å². The first kappa shape index (κ1) is 13.8. The van der Waals surface area contributed by atoms with Crippen LogP contribution >= 0.6 is 0 Å². The molecule has 1 aliphatic heterocycles. The summed E-state index contributed by atoms with van der Waals surface area (Å²) in [5.41, 5.74) is 1.27. The van der Waals surface area contributed by atoms with Crippen LogP contribution in [0, 0.1) is 21.4 Å². The fourth-order valence-electron chi connectivity index (χ4n) is 3.35. The smallest absolute Gasteiger partial charge is 0.270 e. The van der Waals surface area contributed by atoms with E-state index in [4.69, 9.17) is 0 Å². The molecular formula is C15H18N4O2. The molecule has 1 atom stereocenters. The molecule has 0 aromatic heterocycles. The Balaban J connectivity index is 1.75. The number of piperidine rings is 1. The van der Waals surface area contributed by atoms with Crippen molar-refractivity contribution in [2.45, 2.75) is 43.7 Å². The van der Waals surface area contributed by atoms with Crippen LogP contribution in [0.4, 0.5) is 11.4 Å². The summed E-state index contributed by atoms with van der Waals surface area (Å²) in [7, 11) is 0. The standard InChI is InChI=1S/C15H18N4O2/c16-10-11-8-13(19(20)21)2-3-14(11)18-12-4-7-17-15(9-12)5-1-6-15/h2-3,8,12,17-18H,1,4-7,9H2. The van der Waals surface area contributed by atoms with Crippen LogP contribution in [0.15, 0.2) is 18.2 Å². The van der Waals surface area contributed by atoms with Gasteiger partial charge in [0.1, 0.15) is 6.07 Å². The van der Waals surface area contributed by atoms with Gasteiger partial charge in [-0.15, -0.1) is 0 Å². The first-order valence-corrected chi connectivity index (χ1v) is 7.32. The summed E-state index contributed by atoms with van der Waals surface area (Å²) in [5, 5.41) is 27.0. The van der Waals surface area contributed by atoms with Gasteiger partial charge in [-0.05, 0) is 44.7 Å². The monoisotopic (exact) mass is 286 g/mol. The van der Waals surface area contributed by atoms with Crippen LogP contribution in [0.5, 0.6) is 0 Å².